The average Bonchev–Trinajstić information content (AvgIpc) is 2.73. The maximum Gasteiger partial charge on any atom is 0.166 e. The predicted octanol–water partition coefficient (Wildman–Crippen LogP) is 7.57. The number of fused-ring (bicyclic) bond motifs is 1. The molecule has 2 nitrogen and oxygen atoms in total. The number of carbonyl (C=O) groups is 1. The summed E-state index contributed by atoms with van der Waals surface area (Å²) in [5.41, 5.74) is 7.24. The Morgan fingerprint density at radius 3 is 2.61 bits per heavy atom. The van der Waals surface area contributed by atoms with E-state index in [4.69, 9.17) is 0 Å². The second kappa shape index (κ2) is 6.86. The van der Waals surface area contributed by atoms with Crippen molar-refractivity contribution in [2.75, 3.05) is 5.32 Å². The molecule has 0 aromatic heterocycles. The van der Waals surface area contributed by atoms with Gasteiger partial charge in [-0.1, -0.05) is 37.8 Å². The number of ketones is 1. The van der Waals surface area contributed by atoms with E-state index in [9.17, 15) is 4.79 Å². The number of allylic oxidation sites excluding steroid dienone is 2. The highest BCUT2D eigenvalue weighted by Gasteiger charge is 2.87. The minimum absolute atomic E-state index is 0.188. The maximum absolute atomic E-state index is 13.5. The molecule has 174 valence electrons. The molecule has 5 fully saturated rings. The molecule has 5 atom stereocenters. The molecule has 5 unspecified atom stereocenters. The van der Waals surface area contributed by atoms with Crippen LogP contribution in [0.1, 0.15) is 87.1 Å². The molecular weight excluding hydrogens is 402 g/mol. The Kier molecular flexibility index (Phi) is 4.27. The Morgan fingerprint density at radius 1 is 1.12 bits per heavy atom. The van der Waals surface area contributed by atoms with E-state index in [0.29, 0.717) is 23.0 Å². The first-order chi connectivity index (χ1) is 15.9. The van der Waals surface area contributed by atoms with Gasteiger partial charge in [0.2, 0.25) is 0 Å². The molecule has 5 saturated carbocycles. The SMILES string of the molecule is C=C(CC12CC3CC4CC(C1)C432)Nc1cccc2c1CCC(CC1CCC(C)C(=C)C1)C2=O. The maximum atomic E-state index is 13.5. The number of Topliss-reactive ketones (excluding diaryl/α,β-unsaturated/α-hetero) is 1. The minimum Gasteiger partial charge on any atom is -0.359 e. The van der Waals surface area contributed by atoms with Crippen LogP contribution in [0.15, 0.2) is 42.6 Å². The lowest BCUT2D eigenvalue weighted by Crippen LogP contribution is -2.85. The number of anilines is 1. The van der Waals surface area contributed by atoms with Crippen LogP contribution in [-0.4, -0.2) is 5.78 Å². The third-order valence-electron chi connectivity index (χ3n) is 11.6. The summed E-state index contributed by atoms with van der Waals surface area (Å²) in [5, 5.41) is 3.70. The monoisotopic (exact) mass is 441 g/mol. The van der Waals surface area contributed by atoms with Gasteiger partial charge in [0.15, 0.2) is 5.78 Å². The van der Waals surface area contributed by atoms with E-state index < -0.39 is 0 Å². The van der Waals surface area contributed by atoms with Crippen LogP contribution in [-0.2, 0) is 6.42 Å². The lowest BCUT2D eigenvalue weighted by Gasteiger charge is -2.91. The average molecular weight is 442 g/mol. The van der Waals surface area contributed by atoms with Gasteiger partial charge in [0.1, 0.15) is 0 Å². The van der Waals surface area contributed by atoms with Gasteiger partial charge in [0.05, 0.1) is 0 Å². The molecule has 0 radical (unpaired) electrons. The van der Waals surface area contributed by atoms with E-state index in [2.05, 4.69) is 43.6 Å². The van der Waals surface area contributed by atoms with Crippen molar-refractivity contribution < 1.29 is 4.79 Å². The lowest BCUT2D eigenvalue weighted by molar-refractivity contribution is -0.431. The second-order valence-corrected chi connectivity index (χ2v) is 13.0. The Hall–Kier alpha value is -1.83. The van der Waals surface area contributed by atoms with Crippen LogP contribution in [0.3, 0.4) is 0 Å². The van der Waals surface area contributed by atoms with Gasteiger partial charge in [-0.15, -0.1) is 0 Å². The standard InChI is InChI=1S/C31H39NO/c1-18-7-8-21(11-19(18)2)12-22-9-10-26-27(29(22)33)5-4-6-28(26)32-20(3)15-30-16-24-13-23-14-25(17-30)31(23,24)30/h4-6,18,21-25,32H,2-3,7-17H2,1H3. The molecule has 1 spiro atoms. The van der Waals surface area contributed by atoms with Crippen LogP contribution in [0.4, 0.5) is 5.69 Å². The molecule has 7 rings (SSSR count). The van der Waals surface area contributed by atoms with Crippen LogP contribution in [0.2, 0.25) is 0 Å². The molecule has 2 heteroatoms. The summed E-state index contributed by atoms with van der Waals surface area (Å²) in [6.45, 7) is 11.1. The fourth-order valence-corrected chi connectivity index (χ4v) is 10.2. The normalized spacial score (nSPS) is 44.2. The number of benzene rings is 1. The van der Waals surface area contributed by atoms with Gasteiger partial charge >= 0.3 is 0 Å². The third-order valence-corrected chi connectivity index (χ3v) is 11.6. The highest BCUT2D eigenvalue weighted by Crippen LogP contribution is 2.93. The van der Waals surface area contributed by atoms with Crippen LogP contribution in [0.5, 0.6) is 0 Å². The zero-order valence-electron chi connectivity index (χ0n) is 20.3. The van der Waals surface area contributed by atoms with Crippen molar-refractivity contribution in [3.05, 3.63) is 53.8 Å². The molecule has 6 aliphatic carbocycles. The van der Waals surface area contributed by atoms with Gasteiger partial charge in [-0.3, -0.25) is 4.79 Å². The van der Waals surface area contributed by atoms with Crippen LogP contribution in [0.25, 0.3) is 0 Å². The van der Waals surface area contributed by atoms with Gasteiger partial charge in [-0.25, -0.2) is 0 Å². The summed E-state index contributed by atoms with van der Waals surface area (Å²) in [7, 11) is 0. The first-order valence-corrected chi connectivity index (χ1v) is 13.7. The van der Waals surface area contributed by atoms with Crippen LogP contribution in [0, 0.1) is 46.3 Å². The number of nitrogens with one attached hydrogen (secondary N) is 1. The molecule has 1 aromatic carbocycles. The van der Waals surface area contributed by atoms with E-state index in [0.717, 1.165) is 66.5 Å². The van der Waals surface area contributed by atoms with Crippen molar-refractivity contribution in [3.8, 4) is 0 Å². The van der Waals surface area contributed by atoms with Crippen molar-refractivity contribution in [2.45, 2.75) is 77.6 Å². The molecule has 0 heterocycles. The first-order valence-electron chi connectivity index (χ1n) is 13.7. The lowest BCUT2D eigenvalue weighted by atomic mass is 9.13. The summed E-state index contributed by atoms with van der Waals surface area (Å²) in [5.74, 6) is 5.00. The molecule has 1 aromatic rings. The fourth-order valence-electron chi connectivity index (χ4n) is 10.2. The fraction of sp³-hybridized carbons (Fsp3) is 0.645. The first kappa shape index (κ1) is 20.5. The number of hydrogen-bond donors (Lipinski definition) is 1. The van der Waals surface area contributed by atoms with Crippen LogP contribution >= 0.6 is 0 Å². The zero-order valence-corrected chi connectivity index (χ0v) is 20.3. The minimum atomic E-state index is 0.188. The molecule has 0 amide bonds. The van der Waals surface area contributed by atoms with E-state index in [1.165, 1.54) is 55.4 Å². The number of hydrogen-bond acceptors (Lipinski definition) is 2. The highest BCUT2D eigenvalue weighted by atomic mass is 16.1. The Bertz CT molecular complexity index is 1040. The van der Waals surface area contributed by atoms with E-state index in [1.54, 1.807) is 0 Å². The Labute approximate surface area is 199 Å². The topological polar surface area (TPSA) is 29.1 Å². The van der Waals surface area contributed by atoms with Gasteiger partial charge in [0.25, 0.3) is 0 Å². The summed E-state index contributed by atoms with van der Waals surface area (Å²) in [6, 6.07) is 6.31. The molecule has 0 bridgehead atoms. The molecular formula is C31H39NO. The summed E-state index contributed by atoms with van der Waals surface area (Å²) in [6.07, 6.45) is 13.7. The third kappa shape index (κ3) is 2.59. The van der Waals surface area contributed by atoms with Crippen molar-refractivity contribution in [3.63, 3.8) is 0 Å². The van der Waals surface area contributed by atoms with Gasteiger partial charge < -0.3 is 5.32 Å². The number of rotatable bonds is 6. The van der Waals surface area contributed by atoms with E-state index >= 15 is 0 Å². The van der Waals surface area contributed by atoms with Crippen molar-refractivity contribution in [1.82, 2.24) is 0 Å². The molecule has 0 aliphatic heterocycles. The van der Waals surface area contributed by atoms with Crippen molar-refractivity contribution >= 4 is 11.5 Å². The molecule has 0 saturated heterocycles. The predicted molar refractivity (Wildman–Crippen MR) is 134 cm³/mol. The summed E-state index contributed by atoms with van der Waals surface area (Å²) >= 11 is 0. The number of carbonyl (C=O) groups excluding carboxylic acids is 1. The van der Waals surface area contributed by atoms with E-state index in [1.807, 2.05) is 0 Å². The second-order valence-electron chi connectivity index (χ2n) is 13.0. The molecule has 6 aliphatic rings. The largest absolute Gasteiger partial charge is 0.359 e. The van der Waals surface area contributed by atoms with Crippen molar-refractivity contribution in [1.29, 1.82) is 0 Å². The quantitative estimate of drug-likeness (QED) is 0.461. The van der Waals surface area contributed by atoms with Crippen molar-refractivity contribution in [2.24, 2.45) is 46.3 Å². The van der Waals surface area contributed by atoms with Gasteiger partial charge in [0, 0.05) is 22.9 Å². The molecule has 33 heavy (non-hydrogen) atoms. The Morgan fingerprint density at radius 2 is 1.91 bits per heavy atom. The molecule has 1 N–H and O–H groups in total. The Balaban J connectivity index is 1.03. The van der Waals surface area contributed by atoms with Crippen LogP contribution < -0.4 is 5.32 Å². The van der Waals surface area contributed by atoms with Gasteiger partial charge in [-0.05, 0) is 123 Å². The zero-order chi connectivity index (χ0) is 22.5. The summed E-state index contributed by atoms with van der Waals surface area (Å²) < 4.78 is 0. The highest BCUT2D eigenvalue weighted by molar-refractivity contribution is 6.01. The summed E-state index contributed by atoms with van der Waals surface area (Å²) in [4.78, 5) is 13.5. The van der Waals surface area contributed by atoms with Gasteiger partial charge in [-0.2, -0.15) is 0 Å². The smallest absolute Gasteiger partial charge is 0.166 e. The van der Waals surface area contributed by atoms with E-state index in [-0.39, 0.29) is 5.92 Å².